The third-order valence-electron chi connectivity index (χ3n) is 5.98. The lowest BCUT2D eigenvalue weighted by Crippen LogP contribution is -2.40. The summed E-state index contributed by atoms with van der Waals surface area (Å²) >= 11 is 7.22. The van der Waals surface area contributed by atoms with Gasteiger partial charge in [0.2, 0.25) is 0 Å². The number of aromatic nitrogens is 1. The number of halogens is 1. The van der Waals surface area contributed by atoms with Crippen LogP contribution in [0.15, 0.2) is 86.1 Å². The van der Waals surface area contributed by atoms with Crippen LogP contribution >= 0.6 is 22.9 Å². The lowest BCUT2D eigenvalue weighted by molar-refractivity contribution is -0.139. The number of hydrogen-bond acceptors (Lipinski definition) is 7. The van der Waals surface area contributed by atoms with Gasteiger partial charge in [-0.1, -0.05) is 41.1 Å². The van der Waals surface area contributed by atoms with E-state index in [-0.39, 0.29) is 12.2 Å². The molecule has 0 bridgehead atoms. The summed E-state index contributed by atoms with van der Waals surface area (Å²) in [6.07, 6.45) is 1.69. The SMILES string of the molecule is CCOC(=O)C1=C(C)N=c2sc(=Cc3ccc(-c4ccc(Cl)cc4)o3)c(=O)n2C1c1ccccc1OC. The fraction of sp³-hybridized carbons (Fsp3) is 0.179. The molecule has 1 aliphatic rings. The van der Waals surface area contributed by atoms with Crippen molar-refractivity contribution >= 4 is 35.0 Å². The van der Waals surface area contributed by atoms with Crippen molar-refractivity contribution in [2.45, 2.75) is 19.9 Å². The van der Waals surface area contributed by atoms with Crippen molar-refractivity contribution in [3.8, 4) is 17.1 Å². The van der Waals surface area contributed by atoms with Gasteiger partial charge in [-0.25, -0.2) is 9.79 Å². The number of rotatable bonds is 6. The van der Waals surface area contributed by atoms with Crippen molar-refractivity contribution in [1.82, 2.24) is 4.57 Å². The maximum Gasteiger partial charge on any atom is 0.338 e. The number of nitrogens with zero attached hydrogens (tertiary/aromatic N) is 2. The molecule has 1 atom stereocenters. The summed E-state index contributed by atoms with van der Waals surface area (Å²) < 4.78 is 18.9. The van der Waals surface area contributed by atoms with E-state index in [1.807, 2.05) is 36.4 Å². The third kappa shape index (κ3) is 4.65. The van der Waals surface area contributed by atoms with E-state index in [9.17, 15) is 9.59 Å². The Bertz CT molecular complexity index is 1700. The Kier molecular flexibility index (Phi) is 6.86. The maximum absolute atomic E-state index is 13.8. The largest absolute Gasteiger partial charge is 0.496 e. The number of esters is 1. The molecule has 4 aromatic rings. The van der Waals surface area contributed by atoms with Crippen molar-refractivity contribution in [2.75, 3.05) is 13.7 Å². The average molecular weight is 535 g/mol. The highest BCUT2D eigenvalue weighted by Crippen LogP contribution is 2.35. The Balaban J connectivity index is 1.66. The highest BCUT2D eigenvalue weighted by Gasteiger charge is 2.34. The monoisotopic (exact) mass is 534 g/mol. The molecule has 1 aliphatic heterocycles. The molecule has 37 heavy (non-hydrogen) atoms. The summed E-state index contributed by atoms with van der Waals surface area (Å²) in [5.74, 6) is 1.21. The van der Waals surface area contributed by atoms with E-state index < -0.39 is 12.0 Å². The summed E-state index contributed by atoms with van der Waals surface area (Å²) in [5, 5.41) is 0.638. The van der Waals surface area contributed by atoms with Gasteiger partial charge in [0.1, 0.15) is 23.3 Å². The molecule has 5 rings (SSSR count). The smallest absolute Gasteiger partial charge is 0.338 e. The Morgan fingerprint density at radius 1 is 1.16 bits per heavy atom. The van der Waals surface area contributed by atoms with Crippen LogP contribution in [0.5, 0.6) is 5.75 Å². The molecule has 3 heterocycles. The van der Waals surface area contributed by atoms with E-state index in [1.54, 1.807) is 51.3 Å². The second-order valence-electron chi connectivity index (χ2n) is 8.25. The lowest BCUT2D eigenvalue weighted by atomic mass is 9.95. The molecule has 0 radical (unpaired) electrons. The first-order chi connectivity index (χ1) is 17.9. The van der Waals surface area contributed by atoms with Crippen LogP contribution in [0, 0.1) is 0 Å². The summed E-state index contributed by atoms with van der Waals surface area (Å²) in [4.78, 5) is 31.9. The van der Waals surface area contributed by atoms with Gasteiger partial charge >= 0.3 is 5.97 Å². The predicted octanol–water partition coefficient (Wildman–Crippen LogP) is 4.72. The normalized spacial score (nSPS) is 15.4. The number of fused-ring (bicyclic) bond motifs is 1. The van der Waals surface area contributed by atoms with Gasteiger partial charge in [-0.15, -0.1) is 0 Å². The number of thiazole rings is 1. The van der Waals surface area contributed by atoms with Gasteiger partial charge in [-0.3, -0.25) is 9.36 Å². The van der Waals surface area contributed by atoms with Crippen molar-refractivity contribution in [1.29, 1.82) is 0 Å². The van der Waals surface area contributed by atoms with Crippen LogP contribution in [-0.2, 0) is 9.53 Å². The molecule has 0 aliphatic carbocycles. The van der Waals surface area contributed by atoms with Crippen molar-refractivity contribution < 1.29 is 18.7 Å². The van der Waals surface area contributed by atoms with E-state index in [1.165, 1.54) is 15.9 Å². The molecule has 0 amide bonds. The number of ether oxygens (including phenoxy) is 2. The van der Waals surface area contributed by atoms with Crippen LogP contribution in [0.1, 0.15) is 31.2 Å². The minimum Gasteiger partial charge on any atom is -0.496 e. The molecular weight excluding hydrogens is 512 g/mol. The highest BCUT2D eigenvalue weighted by atomic mass is 35.5. The fourth-order valence-electron chi connectivity index (χ4n) is 4.31. The van der Waals surface area contributed by atoms with Gasteiger partial charge in [0.25, 0.3) is 5.56 Å². The molecule has 0 saturated heterocycles. The Morgan fingerprint density at radius 2 is 1.92 bits per heavy atom. The van der Waals surface area contributed by atoms with Gasteiger partial charge in [0, 0.05) is 22.2 Å². The molecule has 0 spiro atoms. The molecule has 188 valence electrons. The number of methoxy groups -OCH3 is 1. The van der Waals surface area contributed by atoms with Crippen LogP contribution in [-0.4, -0.2) is 24.3 Å². The molecule has 2 aromatic carbocycles. The number of para-hydroxylation sites is 1. The standard InChI is InChI=1S/C28H23ClN2O5S/c1-4-35-27(33)24-16(2)30-28-31(25(24)20-7-5-6-8-22(20)34-3)26(32)23(37-28)15-19-13-14-21(36-19)17-9-11-18(29)12-10-17/h5-15,25H,4H2,1-3H3. The van der Waals surface area contributed by atoms with Crippen LogP contribution in [0.4, 0.5) is 0 Å². The molecule has 0 saturated carbocycles. The lowest BCUT2D eigenvalue weighted by Gasteiger charge is -2.25. The highest BCUT2D eigenvalue weighted by molar-refractivity contribution is 7.07. The van der Waals surface area contributed by atoms with Gasteiger partial charge < -0.3 is 13.9 Å². The first kappa shape index (κ1) is 24.8. The zero-order valence-corrected chi connectivity index (χ0v) is 21.9. The summed E-state index contributed by atoms with van der Waals surface area (Å²) in [7, 11) is 1.55. The van der Waals surface area contributed by atoms with Gasteiger partial charge in [0.15, 0.2) is 4.80 Å². The fourth-order valence-corrected chi connectivity index (χ4v) is 5.46. The van der Waals surface area contributed by atoms with Gasteiger partial charge in [0.05, 0.1) is 29.5 Å². The molecule has 9 heteroatoms. The molecule has 0 fully saturated rings. The molecule has 7 nitrogen and oxygen atoms in total. The van der Waals surface area contributed by atoms with E-state index in [4.69, 9.17) is 25.5 Å². The van der Waals surface area contributed by atoms with Crippen molar-refractivity contribution in [3.63, 3.8) is 0 Å². The minimum atomic E-state index is -0.755. The molecule has 0 N–H and O–H groups in total. The summed E-state index contributed by atoms with van der Waals surface area (Å²) in [5.41, 5.74) is 2.03. The maximum atomic E-state index is 13.8. The minimum absolute atomic E-state index is 0.202. The second kappa shape index (κ2) is 10.2. The van der Waals surface area contributed by atoms with E-state index >= 15 is 0 Å². The van der Waals surface area contributed by atoms with Gasteiger partial charge in [-0.2, -0.15) is 0 Å². The third-order valence-corrected chi connectivity index (χ3v) is 7.21. The number of hydrogen-bond donors (Lipinski definition) is 0. The Hall–Kier alpha value is -3.88. The zero-order valence-electron chi connectivity index (χ0n) is 20.4. The van der Waals surface area contributed by atoms with E-state index in [0.29, 0.717) is 48.5 Å². The molecule has 1 unspecified atom stereocenters. The number of carbonyl (C=O) groups excluding carboxylic acids is 1. The number of furan rings is 1. The van der Waals surface area contributed by atoms with Crippen molar-refractivity contribution in [2.24, 2.45) is 4.99 Å². The first-order valence-corrected chi connectivity index (χ1v) is 12.8. The Morgan fingerprint density at radius 3 is 2.65 bits per heavy atom. The van der Waals surface area contributed by atoms with Crippen LogP contribution in [0.3, 0.4) is 0 Å². The topological polar surface area (TPSA) is 83.0 Å². The van der Waals surface area contributed by atoms with Crippen LogP contribution in [0.25, 0.3) is 17.4 Å². The Labute approximate surface area is 221 Å². The number of benzene rings is 2. The van der Waals surface area contributed by atoms with E-state index in [0.717, 1.165) is 5.56 Å². The number of carbonyl (C=O) groups is 1. The first-order valence-electron chi connectivity index (χ1n) is 11.6. The van der Waals surface area contributed by atoms with E-state index in [2.05, 4.69) is 4.99 Å². The summed E-state index contributed by atoms with van der Waals surface area (Å²) in [6, 6.07) is 17.5. The summed E-state index contributed by atoms with van der Waals surface area (Å²) in [6.45, 7) is 3.69. The average Bonchev–Trinajstić information content (AvgIpc) is 3.48. The number of allylic oxidation sites excluding steroid dienone is 1. The van der Waals surface area contributed by atoms with Crippen LogP contribution < -0.4 is 19.6 Å². The molecule has 2 aromatic heterocycles. The molecular formula is C28H23ClN2O5S. The predicted molar refractivity (Wildman–Crippen MR) is 143 cm³/mol. The zero-order chi connectivity index (χ0) is 26.1. The van der Waals surface area contributed by atoms with Crippen molar-refractivity contribution in [3.05, 3.63) is 108 Å². The van der Waals surface area contributed by atoms with Crippen LogP contribution in [0.2, 0.25) is 5.02 Å². The second-order valence-corrected chi connectivity index (χ2v) is 9.70. The quantitative estimate of drug-likeness (QED) is 0.334. The van der Waals surface area contributed by atoms with Gasteiger partial charge in [-0.05, 0) is 56.3 Å².